The molecule has 1 fully saturated rings. The van der Waals surface area contributed by atoms with Gasteiger partial charge in [0.2, 0.25) is 0 Å². The van der Waals surface area contributed by atoms with Crippen molar-refractivity contribution in [2.75, 3.05) is 40.0 Å². The zero-order valence-electron chi connectivity index (χ0n) is 9.47. The normalized spacial score (nSPS) is 19.3. The van der Waals surface area contributed by atoms with Crippen molar-refractivity contribution in [3.63, 3.8) is 0 Å². The van der Waals surface area contributed by atoms with E-state index in [2.05, 4.69) is 12.2 Å². The zero-order chi connectivity index (χ0) is 10.3. The van der Waals surface area contributed by atoms with Crippen LogP contribution in [0.1, 0.15) is 26.2 Å². The van der Waals surface area contributed by atoms with Crippen molar-refractivity contribution < 1.29 is 9.47 Å². The first-order valence-corrected chi connectivity index (χ1v) is 5.54. The fourth-order valence-electron chi connectivity index (χ4n) is 1.74. The van der Waals surface area contributed by atoms with Gasteiger partial charge in [0.15, 0.2) is 0 Å². The van der Waals surface area contributed by atoms with Crippen LogP contribution in [0.3, 0.4) is 0 Å². The van der Waals surface area contributed by atoms with Crippen molar-refractivity contribution in [2.45, 2.75) is 26.2 Å². The molecule has 84 valence electrons. The van der Waals surface area contributed by atoms with E-state index in [1.165, 1.54) is 19.3 Å². The van der Waals surface area contributed by atoms with Crippen LogP contribution in [0.25, 0.3) is 0 Å². The predicted octanol–water partition coefficient (Wildman–Crippen LogP) is 1.43. The van der Waals surface area contributed by atoms with Gasteiger partial charge in [0.25, 0.3) is 0 Å². The lowest BCUT2D eigenvalue weighted by atomic mass is 9.70. The van der Waals surface area contributed by atoms with Crippen LogP contribution in [0.5, 0.6) is 0 Å². The highest BCUT2D eigenvalue weighted by Gasteiger charge is 2.30. The molecule has 1 rings (SSSR count). The summed E-state index contributed by atoms with van der Waals surface area (Å²) in [6, 6.07) is 0. The van der Waals surface area contributed by atoms with E-state index in [1.807, 2.05) is 0 Å². The lowest BCUT2D eigenvalue weighted by Crippen LogP contribution is -2.38. The average molecular weight is 201 g/mol. The van der Waals surface area contributed by atoms with E-state index < -0.39 is 0 Å². The van der Waals surface area contributed by atoms with Gasteiger partial charge >= 0.3 is 0 Å². The van der Waals surface area contributed by atoms with Crippen LogP contribution in [0.2, 0.25) is 0 Å². The van der Waals surface area contributed by atoms with Crippen LogP contribution in [0.15, 0.2) is 0 Å². The molecule has 0 atom stereocenters. The minimum atomic E-state index is 0.576. The Balaban J connectivity index is 1.80. The molecular weight excluding hydrogens is 178 g/mol. The molecule has 0 bridgehead atoms. The molecule has 0 aromatic rings. The third-order valence-electron chi connectivity index (χ3n) is 2.97. The van der Waals surface area contributed by atoms with Gasteiger partial charge < -0.3 is 14.8 Å². The van der Waals surface area contributed by atoms with Crippen LogP contribution >= 0.6 is 0 Å². The third kappa shape index (κ3) is 4.40. The van der Waals surface area contributed by atoms with Crippen molar-refractivity contribution in [1.29, 1.82) is 0 Å². The number of nitrogens with one attached hydrogen (secondary N) is 1. The molecular formula is C11H23NO2. The standard InChI is InChI=1S/C11H23NO2/c1-11(4-3-5-11)10-12-6-7-14-9-8-13-2/h12H,3-10H2,1-2H3. The Bertz CT molecular complexity index is 146. The van der Waals surface area contributed by atoms with E-state index in [0.717, 1.165) is 19.7 Å². The first kappa shape index (κ1) is 12.0. The molecule has 0 radical (unpaired) electrons. The first-order valence-electron chi connectivity index (χ1n) is 5.54. The molecule has 1 saturated carbocycles. The van der Waals surface area contributed by atoms with Gasteiger partial charge in [0, 0.05) is 20.2 Å². The fraction of sp³-hybridized carbons (Fsp3) is 1.00. The van der Waals surface area contributed by atoms with Crippen molar-refractivity contribution in [2.24, 2.45) is 5.41 Å². The number of methoxy groups -OCH3 is 1. The Hall–Kier alpha value is -0.120. The van der Waals surface area contributed by atoms with E-state index in [1.54, 1.807) is 7.11 Å². The second-order valence-electron chi connectivity index (χ2n) is 4.45. The Morgan fingerprint density at radius 1 is 1.21 bits per heavy atom. The van der Waals surface area contributed by atoms with E-state index in [0.29, 0.717) is 18.6 Å². The summed E-state index contributed by atoms with van der Waals surface area (Å²) < 4.78 is 10.2. The lowest BCUT2D eigenvalue weighted by Gasteiger charge is -2.38. The predicted molar refractivity (Wildman–Crippen MR) is 57.5 cm³/mol. The Morgan fingerprint density at radius 3 is 2.57 bits per heavy atom. The Morgan fingerprint density at radius 2 is 2.00 bits per heavy atom. The summed E-state index contributed by atoms with van der Waals surface area (Å²) >= 11 is 0. The molecule has 0 unspecified atom stereocenters. The summed E-state index contributed by atoms with van der Waals surface area (Å²) in [5, 5.41) is 3.44. The largest absolute Gasteiger partial charge is 0.382 e. The quantitative estimate of drug-likeness (QED) is 0.603. The fourth-order valence-corrected chi connectivity index (χ4v) is 1.74. The van der Waals surface area contributed by atoms with Gasteiger partial charge in [-0.2, -0.15) is 0 Å². The maximum Gasteiger partial charge on any atom is 0.0700 e. The van der Waals surface area contributed by atoms with Crippen molar-refractivity contribution in [1.82, 2.24) is 5.32 Å². The molecule has 0 spiro atoms. The number of hydrogen-bond donors (Lipinski definition) is 1. The topological polar surface area (TPSA) is 30.5 Å². The summed E-state index contributed by atoms with van der Waals surface area (Å²) in [7, 11) is 1.69. The minimum absolute atomic E-state index is 0.576. The maximum atomic E-state index is 5.35. The molecule has 0 heterocycles. The number of ether oxygens (including phenoxy) is 2. The Kier molecular flexibility index (Phi) is 5.45. The molecule has 0 aliphatic heterocycles. The summed E-state index contributed by atoms with van der Waals surface area (Å²) in [5.41, 5.74) is 0.576. The van der Waals surface area contributed by atoms with Gasteiger partial charge in [-0.05, 0) is 18.3 Å². The van der Waals surface area contributed by atoms with Gasteiger partial charge in [-0.3, -0.25) is 0 Å². The van der Waals surface area contributed by atoms with Crippen LogP contribution in [0.4, 0.5) is 0 Å². The SMILES string of the molecule is COCCOCCNCC1(C)CCC1. The van der Waals surface area contributed by atoms with E-state index in [9.17, 15) is 0 Å². The second kappa shape index (κ2) is 6.38. The highest BCUT2D eigenvalue weighted by atomic mass is 16.5. The number of hydrogen-bond acceptors (Lipinski definition) is 3. The van der Waals surface area contributed by atoms with E-state index in [4.69, 9.17) is 9.47 Å². The zero-order valence-corrected chi connectivity index (χ0v) is 9.47. The van der Waals surface area contributed by atoms with Crippen molar-refractivity contribution in [3.05, 3.63) is 0 Å². The highest BCUT2D eigenvalue weighted by Crippen LogP contribution is 2.39. The summed E-state index contributed by atoms with van der Waals surface area (Å²) in [6.07, 6.45) is 4.16. The lowest BCUT2D eigenvalue weighted by molar-refractivity contribution is 0.0690. The monoisotopic (exact) mass is 201 g/mol. The molecule has 0 aromatic heterocycles. The van der Waals surface area contributed by atoms with Crippen LogP contribution < -0.4 is 5.32 Å². The van der Waals surface area contributed by atoms with Gasteiger partial charge in [-0.1, -0.05) is 13.3 Å². The average Bonchev–Trinajstić information content (AvgIpc) is 2.14. The summed E-state index contributed by atoms with van der Waals surface area (Å²) in [4.78, 5) is 0. The molecule has 0 amide bonds. The smallest absolute Gasteiger partial charge is 0.0700 e. The molecule has 0 aromatic carbocycles. The van der Waals surface area contributed by atoms with Gasteiger partial charge in [0.05, 0.1) is 19.8 Å². The molecule has 1 aliphatic carbocycles. The molecule has 14 heavy (non-hydrogen) atoms. The van der Waals surface area contributed by atoms with Crippen molar-refractivity contribution in [3.8, 4) is 0 Å². The minimum Gasteiger partial charge on any atom is -0.382 e. The van der Waals surface area contributed by atoms with E-state index >= 15 is 0 Å². The molecule has 1 N–H and O–H groups in total. The first-order chi connectivity index (χ1) is 6.77. The molecule has 3 nitrogen and oxygen atoms in total. The van der Waals surface area contributed by atoms with Crippen LogP contribution in [-0.4, -0.2) is 40.0 Å². The molecule has 0 saturated heterocycles. The second-order valence-corrected chi connectivity index (χ2v) is 4.45. The summed E-state index contributed by atoms with van der Waals surface area (Å²) in [5.74, 6) is 0. The van der Waals surface area contributed by atoms with Crippen LogP contribution in [-0.2, 0) is 9.47 Å². The third-order valence-corrected chi connectivity index (χ3v) is 2.97. The van der Waals surface area contributed by atoms with Crippen LogP contribution in [0, 0.1) is 5.41 Å². The van der Waals surface area contributed by atoms with E-state index in [-0.39, 0.29) is 0 Å². The van der Waals surface area contributed by atoms with Crippen molar-refractivity contribution >= 4 is 0 Å². The molecule has 3 heteroatoms. The van der Waals surface area contributed by atoms with Gasteiger partial charge in [-0.25, -0.2) is 0 Å². The van der Waals surface area contributed by atoms with Gasteiger partial charge in [-0.15, -0.1) is 0 Å². The highest BCUT2D eigenvalue weighted by molar-refractivity contribution is 4.84. The molecule has 1 aliphatic rings. The Labute approximate surface area is 87.2 Å². The van der Waals surface area contributed by atoms with Gasteiger partial charge in [0.1, 0.15) is 0 Å². The number of rotatable bonds is 8. The summed E-state index contributed by atoms with van der Waals surface area (Å²) in [6.45, 7) is 6.64. The maximum absolute atomic E-state index is 5.35.